The van der Waals surface area contributed by atoms with E-state index < -0.39 is 6.04 Å². The summed E-state index contributed by atoms with van der Waals surface area (Å²) in [6.07, 6.45) is 2.09. The monoisotopic (exact) mass is 385 g/mol. The Morgan fingerprint density at radius 3 is 2.78 bits per heavy atom. The first-order valence-electron chi connectivity index (χ1n) is 8.50. The second kappa shape index (κ2) is 8.54. The summed E-state index contributed by atoms with van der Waals surface area (Å²) in [5.41, 5.74) is 0.134. The molecule has 9 heteroatoms. The molecule has 1 N–H and O–H groups in total. The molecular formula is C18H19N5O3S. The Morgan fingerprint density at radius 2 is 2.04 bits per heavy atom. The summed E-state index contributed by atoms with van der Waals surface area (Å²) in [4.78, 5) is 37.0. The third-order valence-corrected chi connectivity index (χ3v) is 4.87. The van der Waals surface area contributed by atoms with Gasteiger partial charge in [-0.25, -0.2) is 9.36 Å². The number of hydrogen-bond acceptors (Lipinski definition) is 6. The van der Waals surface area contributed by atoms with Crippen LogP contribution in [0.3, 0.4) is 0 Å². The average Bonchev–Trinajstić information content (AvgIpc) is 3.21. The van der Waals surface area contributed by atoms with Crippen LogP contribution in [0.15, 0.2) is 57.6 Å². The Labute approximate surface area is 159 Å². The highest BCUT2D eigenvalue weighted by Crippen LogP contribution is 2.21. The summed E-state index contributed by atoms with van der Waals surface area (Å²) in [7, 11) is 0. The molecule has 0 bridgehead atoms. The van der Waals surface area contributed by atoms with Gasteiger partial charge in [0.15, 0.2) is 0 Å². The fourth-order valence-electron chi connectivity index (χ4n) is 2.51. The standard InChI is InChI=1S/C18H19N5O3S/c1-13(18(26)19-9-4-11-22-16(24)6-2-10-20-22)23-17(25)8-7-14(21-23)15-5-3-12-27-15/h2-3,5-8,10,12-13H,4,9,11H2,1H3,(H,19,26). The summed E-state index contributed by atoms with van der Waals surface area (Å²) in [6.45, 7) is 2.40. The minimum Gasteiger partial charge on any atom is -0.354 e. The van der Waals surface area contributed by atoms with Crippen LogP contribution >= 0.6 is 11.3 Å². The van der Waals surface area contributed by atoms with E-state index in [1.807, 2.05) is 17.5 Å². The van der Waals surface area contributed by atoms with E-state index in [0.717, 1.165) is 4.88 Å². The van der Waals surface area contributed by atoms with Crippen molar-refractivity contribution in [2.75, 3.05) is 6.54 Å². The topological polar surface area (TPSA) is 98.9 Å². The molecular weight excluding hydrogens is 366 g/mol. The van der Waals surface area contributed by atoms with E-state index in [-0.39, 0.29) is 17.0 Å². The van der Waals surface area contributed by atoms with Crippen LogP contribution in [-0.2, 0) is 11.3 Å². The number of rotatable bonds is 7. The van der Waals surface area contributed by atoms with Crippen LogP contribution in [0.2, 0.25) is 0 Å². The number of aromatic nitrogens is 4. The highest BCUT2D eigenvalue weighted by Gasteiger charge is 2.17. The second-order valence-corrected chi connectivity index (χ2v) is 6.83. The van der Waals surface area contributed by atoms with Crippen molar-refractivity contribution in [2.24, 2.45) is 0 Å². The third-order valence-electron chi connectivity index (χ3n) is 3.98. The maximum atomic E-state index is 12.4. The lowest BCUT2D eigenvalue weighted by Gasteiger charge is -2.14. The van der Waals surface area contributed by atoms with E-state index in [4.69, 9.17) is 0 Å². The Hall–Kier alpha value is -3.07. The van der Waals surface area contributed by atoms with E-state index in [9.17, 15) is 14.4 Å². The molecule has 8 nitrogen and oxygen atoms in total. The number of hydrogen-bond donors (Lipinski definition) is 1. The van der Waals surface area contributed by atoms with E-state index in [2.05, 4.69) is 15.5 Å². The lowest BCUT2D eigenvalue weighted by Crippen LogP contribution is -2.37. The second-order valence-electron chi connectivity index (χ2n) is 5.88. The minimum absolute atomic E-state index is 0.182. The number of carbonyl (C=O) groups excluding carboxylic acids is 1. The van der Waals surface area contributed by atoms with Crippen LogP contribution in [0.25, 0.3) is 10.6 Å². The summed E-state index contributed by atoms with van der Waals surface area (Å²) >= 11 is 1.51. The van der Waals surface area contributed by atoms with Gasteiger partial charge >= 0.3 is 0 Å². The Kier molecular flexibility index (Phi) is 5.92. The maximum Gasteiger partial charge on any atom is 0.267 e. The van der Waals surface area contributed by atoms with Gasteiger partial charge in [-0.15, -0.1) is 11.3 Å². The molecule has 0 aliphatic heterocycles. The summed E-state index contributed by atoms with van der Waals surface area (Å²) in [6, 6.07) is 9.16. The largest absolute Gasteiger partial charge is 0.354 e. The normalized spacial score (nSPS) is 11.9. The highest BCUT2D eigenvalue weighted by atomic mass is 32.1. The molecule has 0 aromatic carbocycles. The van der Waals surface area contributed by atoms with Crippen LogP contribution in [0, 0.1) is 0 Å². The molecule has 1 atom stereocenters. The number of amides is 1. The zero-order chi connectivity index (χ0) is 19.2. The molecule has 3 rings (SSSR count). The summed E-state index contributed by atoms with van der Waals surface area (Å²) in [5.74, 6) is -0.304. The molecule has 0 aliphatic rings. The van der Waals surface area contributed by atoms with Gasteiger partial charge in [-0.1, -0.05) is 6.07 Å². The van der Waals surface area contributed by atoms with Crippen molar-refractivity contribution < 1.29 is 4.79 Å². The molecule has 3 aromatic rings. The predicted molar refractivity (Wildman–Crippen MR) is 103 cm³/mol. The van der Waals surface area contributed by atoms with Gasteiger partial charge in [0.2, 0.25) is 5.91 Å². The van der Waals surface area contributed by atoms with E-state index in [1.54, 1.807) is 25.3 Å². The van der Waals surface area contributed by atoms with Gasteiger partial charge in [0, 0.05) is 31.4 Å². The fourth-order valence-corrected chi connectivity index (χ4v) is 3.20. The van der Waals surface area contributed by atoms with Crippen molar-refractivity contribution in [1.82, 2.24) is 24.9 Å². The highest BCUT2D eigenvalue weighted by molar-refractivity contribution is 7.13. The van der Waals surface area contributed by atoms with Crippen LogP contribution in [0.1, 0.15) is 19.4 Å². The van der Waals surface area contributed by atoms with Crippen molar-refractivity contribution in [3.63, 3.8) is 0 Å². The average molecular weight is 385 g/mol. The first kappa shape index (κ1) is 18.7. The lowest BCUT2D eigenvalue weighted by molar-refractivity contribution is -0.124. The fraction of sp³-hybridized carbons (Fsp3) is 0.278. The summed E-state index contributed by atoms with van der Waals surface area (Å²) < 4.78 is 2.53. The van der Waals surface area contributed by atoms with Crippen molar-refractivity contribution in [2.45, 2.75) is 25.9 Å². The number of nitrogens with zero attached hydrogens (tertiary/aromatic N) is 4. The van der Waals surface area contributed by atoms with E-state index in [1.165, 1.54) is 32.8 Å². The Bertz CT molecular complexity index is 1030. The molecule has 0 aliphatic carbocycles. The smallest absolute Gasteiger partial charge is 0.267 e. The molecule has 140 valence electrons. The van der Waals surface area contributed by atoms with Gasteiger partial charge in [0.1, 0.15) is 11.7 Å². The van der Waals surface area contributed by atoms with Gasteiger partial charge < -0.3 is 5.32 Å². The van der Waals surface area contributed by atoms with Gasteiger partial charge in [-0.3, -0.25) is 14.4 Å². The van der Waals surface area contributed by atoms with E-state index in [0.29, 0.717) is 25.2 Å². The molecule has 0 spiro atoms. The number of carbonyl (C=O) groups is 1. The molecule has 0 saturated carbocycles. The Balaban J connectivity index is 1.60. The van der Waals surface area contributed by atoms with Gasteiger partial charge in [-0.2, -0.15) is 10.2 Å². The Morgan fingerprint density at radius 1 is 1.19 bits per heavy atom. The molecule has 1 unspecified atom stereocenters. The number of aryl methyl sites for hydroxylation is 1. The number of nitrogens with one attached hydrogen (secondary N) is 1. The van der Waals surface area contributed by atoms with Crippen LogP contribution in [-0.4, -0.2) is 32.0 Å². The van der Waals surface area contributed by atoms with Gasteiger partial charge in [-0.05, 0) is 36.9 Å². The zero-order valence-corrected chi connectivity index (χ0v) is 15.6. The number of thiophene rings is 1. The maximum absolute atomic E-state index is 12.4. The van der Waals surface area contributed by atoms with Gasteiger partial charge in [0.25, 0.3) is 11.1 Å². The molecule has 3 aromatic heterocycles. The SMILES string of the molecule is CC(C(=O)NCCCn1ncccc1=O)n1nc(-c2cccs2)ccc1=O. The minimum atomic E-state index is -0.741. The molecule has 0 fully saturated rings. The molecule has 27 heavy (non-hydrogen) atoms. The first-order chi connectivity index (χ1) is 13.1. The third kappa shape index (κ3) is 4.56. The van der Waals surface area contributed by atoms with Crippen molar-refractivity contribution in [3.8, 4) is 10.6 Å². The quantitative estimate of drug-likeness (QED) is 0.618. The predicted octanol–water partition coefficient (Wildman–Crippen LogP) is 1.30. The lowest BCUT2D eigenvalue weighted by atomic mass is 10.3. The van der Waals surface area contributed by atoms with E-state index >= 15 is 0 Å². The molecule has 0 radical (unpaired) electrons. The molecule has 1 amide bonds. The van der Waals surface area contributed by atoms with Crippen molar-refractivity contribution >= 4 is 17.2 Å². The first-order valence-corrected chi connectivity index (χ1v) is 9.38. The summed E-state index contributed by atoms with van der Waals surface area (Å²) in [5, 5.41) is 13.0. The van der Waals surface area contributed by atoms with Crippen LogP contribution in [0.4, 0.5) is 0 Å². The molecule has 3 heterocycles. The van der Waals surface area contributed by atoms with Crippen LogP contribution < -0.4 is 16.4 Å². The van der Waals surface area contributed by atoms with Crippen molar-refractivity contribution in [3.05, 3.63) is 68.7 Å². The molecule has 0 saturated heterocycles. The van der Waals surface area contributed by atoms with Gasteiger partial charge in [0.05, 0.1) is 4.88 Å². The van der Waals surface area contributed by atoms with Crippen LogP contribution in [0.5, 0.6) is 0 Å². The van der Waals surface area contributed by atoms with Crippen molar-refractivity contribution in [1.29, 1.82) is 0 Å². The zero-order valence-electron chi connectivity index (χ0n) is 14.7.